The summed E-state index contributed by atoms with van der Waals surface area (Å²) < 4.78 is 22.4. The Morgan fingerprint density at radius 3 is 2.23 bits per heavy atom. The average Bonchev–Trinajstić information content (AvgIpc) is 3.71. The van der Waals surface area contributed by atoms with Crippen LogP contribution in [0.25, 0.3) is 6.08 Å². The van der Waals surface area contributed by atoms with Crippen LogP contribution in [0.5, 0.6) is 0 Å². The summed E-state index contributed by atoms with van der Waals surface area (Å²) >= 11 is 0. The first kappa shape index (κ1) is 50.5. The highest BCUT2D eigenvalue weighted by molar-refractivity contribution is 6.06. The highest BCUT2D eigenvalue weighted by atomic mass is 16.6. The van der Waals surface area contributed by atoms with Crippen LogP contribution in [0.4, 0.5) is 11.5 Å². The van der Waals surface area contributed by atoms with Crippen LogP contribution in [-0.2, 0) is 44.7 Å². The number of anilines is 2. The molecule has 6 amide bonds. The summed E-state index contributed by atoms with van der Waals surface area (Å²) in [7, 11) is 0. The topological polar surface area (TPSA) is 227 Å². The third kappa shape index (κ3) is 15.1. The van der Waals surface area contributed by atoms with Crippen molar-refractivity contribution in [1.82, 2.24) is 40.5 Å². The summed E-state index contributed by atoms with van der Waals surface area (Å²) in [4.78, 5) is 86.3. The number of likely N-dealkylation sites (tertiary alicyclic amines) is 1. The van der Waals surface area contributed by atoms with Crippen molar-refractivity contribution >= 4 is 53.0 Å². The fourth-order valence-corrected chi connectivity index (χ4v) is 8.77. The normalized spacial score (nSPS) is 17.6. The van der Waals surface area contributed by atoms with Gasteiger partial charge < -0.3 is 49.2 Å². The molecule has 3 aromatic rings. The number of fused-ring (bicyclic) bond motifs is 1. The summed E-state index contributed by atoms with van der Waals surface area (Å²) in [6.45, 7) is 7.64. The molecule has 6 heterocycles. The first-order valence-electron chi connectivity index (χ1n) is 24.1. The van der Waals surface area contributed by atoms with E-state index in [9.17, 15) is 28.8 Å². The number of carbonyl (C=O) groups is 6. The molecule has 0 bridgehead atoms. The van der Waals surface area contributed by atoms with Gasteiger partial charge in [0.15, 0.2) is 11.5 Å². The van der Waals surface area contributed by atoms with Crippen molar-refractivity contribution in [3.05, 3.63) is 83.3 Å². The number of ether oxygens (including phenoxy) is 4. The number of piperidine rings is 2. The molecule has 0 saturated carbocycles. The van der Waals surface area contributed by atoms with Gasteiger partial charge in [-0.3, -0.25) is 39.1 Å². The molecule has 0 aliphatic carbocycles. The highest BCUT2D eigenvalue weighted by Gasteiger charge is 2.40. The molecule has 20 nitrogen and oxygen atoms in total. The third-order valence-corrected chi connectivity index (χ3v) is 12.7. The van der Waals surface area contributed by atoms with E-state index in [4.69, 9.17) is 18.9 Å². The number of piperazine rings is 1. The molecule has 4 aliphatic rings. The van der Waals surface area contributed by atoms with Gasteiger partial charge in [0.1, 0.15) is 12.6 Å². The van der Waals surface area contributed by atoms with Gasteiger partial charge in [-0.15, -0.1) is 10.2 Å². The number of nitrogens with one attached hydrogen (secondary N) is 3. The Hall–Kier alpha value is -6.35. The molecule has 0 spiro atoms. The number of hydrogen-bond acceptors (Lipinski definition) is 15. The Labute approximate surface area is 402 Å². The molecule has 69 heavy (non-hydrogen) atoms. The number of aromatic nitrogens is 3. The van der Waals surface area contributed by atoms with E-state index in [2.05, 4.69) is 36.0 Å². The van der Waals surface area contributed by atoms with Crippen molar-refractivity contribution in [2.45, 2.75) is 57.5 Å². The van der Waals surface area contributed by atoms with E-state index in [1.54, 1.807) is 41.6 Å². The number of hydrogen-bond donors (Lipinski definition) is 3. The van der Waals surface area contributed by atoms with Crippen molar-refractivity contribution in [3.8, 4) is 0 Å². The molecule has 2 aromatic heterocycles. The van der Waals surface area contributed by atoms with Crippen molar-refractivity contribution in [2.75, 3.05) is 115 Å². The number of amides is 6. The van der Waals surface area contributed by atoms with Crippen LogP contribution in [0.15, 0.2) is 60.9 Å². The fourth-order valence-electron chi connectivity index (χ4n) is 8.77. The van der Waals surface area contributed by atoms with Gasteiger partial charge in [-0.05, 0) is 73.6 Å². The maximum absolute atomic E-state index is 13.2. The van der Waals surface area contributed by atoms with Crippen LogP contribution in [0.2, 0.25) is 0 Å². The minimum atomic E-state index is -0.657. The van der Waals surface area contributed by atoms with E-state index in [1.807, 2.05) is 29.2 Å². The first-order valence-corrected chi connectivity index (χ1v) is 24.1. The van der Waals surface area contributed by atoms with E-state index in [0.29, 0.717) is 128 Å². The minimum Gasteiger partial charge on any atom is -0.382 e. The Morgan fingerprint density at radius 2 is 1.52 bits per heavy atom. The number of unbranched alkanes of at least 4 members (excludes halogenated alkanes) is 1. The lowest BCUT2D eigenvalue weighted by molar-refractivity contribution is -0.138. The summed E-state index contributed by atoms with van der Waals surface area (Å²) in [6.07, 6.45) is 12.1. The largest absolute Gasteiger partial charge is 0.382 e. The predicted octanol–water partition coefficient (Wildman–Crippen LogP) is 2.31. The van der Waals surface area contributed by atoms with Gasteiger partial charge in [0, 0.05) is 101 Å². The second-order valence-electron chi connectivity index (χ2n) is 17.3. The number of benzene rings is 1. The van der Waals surface area contributed by atoms with Crippen molar-refractivity contribution in [2.24, 2.45) is 5.92 Å². The minimum absolute atomic E-state index is 0.0301. The SMILES string of the molecule is O=C(/C=C/c1cccnc1)NCCCCC1CCN(C(=O)c2ccc(N3CCN(C(=O)COCCOCCOCCOCCNc4cccc5c4CN(C4CCC(=O)NC4=O)C5=O)CC3)nn2)CC1. The summed E-state index contributed by atoms with van der Waals surface area (Å²) in [6, 6.07) is 12.1. The fraction of sp³-hybridized carbons (Fsp3) is 0.531. The Balaban J connectivity index is 0.658. The van der Waals surface area contributed by atoms with Gasteiger partial charge in [0.25, 0.3) is 11.8 Å². The lowest BCUT2D eigenvalue weighted by atomic mass is 9.91. The molecule has 0 radical (unpaired) electrons. The van der Waals surface area contributed by atoms with Crippen molar-refractivity contribution in [3.63, 3.8) is 0 Å². The van der Waals surface area contributed by atoms with Gasteiger partial charge in [-0.1, -0.05) is 25.0 Å². The lowest BCUT2D eigenvalue weighted by Gasteiger charge is -2.35. The molecule has 1 unspecified atom stereocenters. The Bertz CT molecular complexity index is 2220. The molecule has 3 saturated heterocycles. The van der Waals surface area contributed by atoms with Crippen LogP contribution in [0, 0.1) is 5.92 Å². The highest BCUT2D eigenvalue weighted by Crippen LogP contribution is 2.32. The maximum atomic E-state index is 13.2. The monoisotopic (exact) mass is 952 g/mol. The third-order valence-electron chi connectivity index (χ3n) is 12.7. The number of rotatable bonds is 25. The average molecular weight is 953 g/mol. The van der Waals surface area contributed by atoms with E-state index >= 15 is 0 Å². The number of nitrogens with zero attached hydrogens (tertiary/aromatic N) is 7. The quantitative estimate of drug-likeness (QED) is 0.0630. The zero-order chi connectivity index (χ0) is 48.2. The van der Waals surface area contributed by atoms with Crippen molar-refractivity contribution < 1.29 is 47.7 Å². The maximum Gasteiger partial charge on any atom is 0.274 e. The van der Waals surface area contributed by atoms with E-state index in [1.165, 1.54) is 11.0 Å². The van der Waals surface area contributed by atoms with E-state index < -0.39 is 11.9 Å². The van der Waals surface area contributed by atoms with Gasteiger partial charge in [-0.2, -0.15) is 0 Å². The lowest BCUT2D eigenvalue weighted by Crippen LogP contribution is -2.52. The molecule has 1 atom stereocenters. The van der Waals surface area contributed by atoms with Gasteiger partial charge in [0.05, 0.1) is 46.2 Å². The van der Waals surface area contributed by atoms with Gasteiger partial charge in [0.2, 0.25) is 23.6 Å². The second kappa shape index (κ2) is 26.4. The molecule has 370 valence electrons. The smallest absolute Gasteiger partial charge is 0.274 e. The number of pyridine rings is 1. The second-order valence-corrected chi connectivity index (χ2v) is 17.3. The van der Waals surface area contributed by atoms with E-state index in [0.717, 1.165) is 48.9 Å². The van der Waals surface area contributed by atoms with Gasteiger partial charge >= 0.3 is 0 Å². The Morgan fingerprint density at radius 1 is 0.768 bits per heavy atom. The molecular weight excluding hydrogens is 889 g/mol. The molecule has 3 fully saturated rings. The summed E-state index contributed by atoms with van der Waals surface area (Å²) in [5.74, 6) is -0.0309. The van der Waals surface area contributed by atoms with Crippen LogP contribution >= 0.6 is 0 Å². The van der Waals surface area contributed by atoms with Crippen LogP contribution < -0.4 is 20.9 Å². The molecule has 3 N–H and O–H groups in total. The van der Waals surface area contributed by atoms with Gasteiger partial charge in [-0.25, -0.2) is 0 Å². The standard InChI is InChI=1S/C49H64N10O10/c60-44(13-9-37-6-4-17-50-33-37)52-18-2-1-5-36-15-20-58(21-16-36)49(65)41-10-12-43(55-54-41)56-22-24-57(25-23-56)46(62)35-69-32-31-68-30-29-67-28-27-66-26-19-51-40-8-3-7-38-39(40)34-59(48(38)64)42-11-14-45(61)53-47(42)63/h3-4,6-10,12-13,17,33,36,42,51H,1-2,5,11,14-16,18-32,34-35H2,(H,52,60)(H,53,61,63)/b13-9+. The molecular formula is C49H64N10O10. The first-order chi connectivity index (χ1) is 33.7. The van der Waals surface area contributed by atoms with Crippen LogP contribution in [-0.4, -0.2) is 177 Å². The van der Waals surface area contributed by atoms with Crippen molar-refractivity contribution in [1.29, 1.82) is 0 Å². The molecule has 1 aromatic carbocycles. The Kier molecular flexibility index (Phi) is 19.3. The van der Waals surface area contributed by atoms with Crippen LogP contribution in [0.1, 0.15) is 76.9 Å². The predicted molar refractivity (Wildman–Crippen MR) is 254 cm³/mol. The molecule has 7 rings (SSSR count). The summed E-state index contributed by atoms with van der Waals surface area (Å²) in [5, 5.41) is 17.2. The number of carbonyl (C=O) groups excluding carboxylic acids is 6. The molecule has 4 aliphatic heterocycles. The van der Waals surface area contributed by atoms with E-state index in [-0.39, 0.29) is 49.2 Å². The van der Waals surface area contributed by atoms with Crippen LogP contribution in [0.3, 0.4) is 0 Å². The summed E-state index contributed by atoms with van der Waals surface area (Å²) in [5.41, 5.74) is 3.41. The number of imide groups is 1. The zero-order valence-corrected chi connectivity index (χ0v) is 39.2. The molecule has 20 heteroatoms. The zero-order valence-electron chi connectivity index (χ0n) is 39.2.